The van der Waals surface area contributed by atoms with Gasteiger partial charge in [0.25, 0.3) is 0 Å². The zero-order valence-corrected chi connectivity index (χ0v) is 15.7. The summed E-state index contributed by atoms with van der Waals surface area (Å²) in [4.78, 5) is 23.5. The minimum absolute atomic E-state index is 0.0737. The first-order chi connectivity index (χ1) is 12.9. The molecule has 27 heavy (non-hydrogen) atoms. The van der Waals surface area contributed by atoms with Crippen molar-refractivity contribution in [3.05, 3.63) is 35.1 Å². The topological polar surface area (TPSA) is 112 Å². The molecule has 0 saturated heterocycles. The number of H-pyrrole nitrogens is 1. The summed E-state index contributed by atoms with van der Waals surface area (Å²) in [5.41, 5.74) is 9.03. The van der Waals surface area contributed by atoms with Gasteiger partial charge in [0.05, 0.1) is 28.8 Å². The number of anilines is 1. The average molecular weight is 385 g/mol. The molecule has 138 valence electrons. The number of hydrogen-bond donors (Lipinski definition) is 2. The van der Waals surface area contributed by atoms with E-state index >= 15 is 0 Å². The zero-order chi connectivity index (χ0) is 19.3. The fraction of sp³-hybridized carbons (Fsp3) is 0.222. The van der Waals surface area contributed by atoms with Gasteiger partial charge in [-0.1, -0.05) is 17.7 Å². The summed E-state index contributed by atoms with van der Waals surface area (Å²) in [6.07, 6.45) is 1.41. The van der Waals surface area contributed by atoms with E-state index in [1.54, 1.807) is 22.9 Å². The summed E-state index contributed by atoms with van der Waals surface area (Å²) >= 11 is 6.62. The third-order valence-electron chi connectivity index (χ3n) is 4.40. The first kappa shape index (κ1) is 17.3. The van der Waals surface area contributed by atoms with Crippen LogP contribution >= 0.6 is 11.6 Å². The van der Waals surface area contributed by atoms with Crippen LogP contribution < -0.4 is 5.73 Å². The van der Waals surface area contributed by atoms with Crippen LogP contribution in [-0.4, -0.2) is 37.8 Å². The van der Waals surface area contributed by atoms with Crippen LogP contribution in [0.1, 0.15) is 30.2 Å². The summed E-state index contributed by atoms with van der Waals surface area (Å²) in [6, 6.07) is 5.20. The number of aromatic amines is 1. The van der Waals surface area contributed by atoms with Gasteiger partial charge in [-0.3, -0.25) is 0 Å². The summed E-state index contributed by atoms with van der Waals surface area (Å²) in [7, 11) is 1.34. The van der Waals surface area contributed by atoms with E-state index in [0.29, 0.717) is 44.3 Å². The monoisotopic (exact) mass is 384 g/mol. The number of rotatable bonds is 3. The molecule has 3 heterocycles. The number of carbonyl (C=O) groups excluding carboxylic acids is 1. The van der Waals surface area contributed by atoms with Crippen molar-refractivity contribution in [1.82, 2.24) is 24.7 Å². The quantitative estimate of drug-likeness (QED) is 0.522. The van der Waals surface area contributed by atoms with Gasteiger partial charge in [0.1, 0.15) is 17.8 Å². The van der Waals surface area contributed by atoms with Crippen molar-refractivity contribution in [3.63, 3.8) is 0 Å². The fourth-order valence-corrected chi connectivity index (χ4v) is 3.40. The number of nitrogens with zero attached hydrogens (tertiary/aromatic N) is 4. The van der Waals surface area contributed by atoms with Gasteiger partial charge >= 0.3 is 5.97 Å². The molecule has 0 saturated carbocycles. The van der Waals surface area contributed by atoms with E-state index in [1.807, 2.05) is 13.8 Å². The molecule has 0 atom stereocenters. The molecule has 0 amide bonds. The number of aromatic nitrogens is 5. The molecule has 0 spiro atoms. The van der Waals surface area contributed by atoms with Gasteiger partial charge < -0.3 is 15.5 Å². The summed E-state index contributed by atoms with van der Waals surface area (Å²) < 4.78 is 6.56. The Kier molecular flexibility index (Phi) is 4.00. The van der Waals surface area contributed by atoms with Gasteiger partial charge in [0.15, 0.2) is 5.65 Å². The maximum Gasteiger partial charge on any atom is 0.337 e. The van der Waals surface area contributed by atoms with Crippen LogP contribution in [-0.2, 0) is 4.74 Å². The highest BCUT2D eigenvalue weighted by Crippen LogP contribution is 2.38. The molecule has 9 heteroatoms. The molecular formula is C18H17ClN6O2. The van der Waals surface area contributed by atoms with Crippen LogP contribution in [0.4, 0.5) is 5.82 Å². The van der Waals surface area contributed by atoms with Crippen LogP contribution in [0.3, 0.4) is 0 Å². The summed E-state index contributed by atoms with van der Waals surface area (Å²) in [5.74, 6) is -0.0942. The third-order valence-corrected chi connectivity index (χ3v) is 4.79. The molecule has 3 aromatic heterocycles. The molecule has 0 radical (unpaired) electrons. The molecule has 0 aliphatic rings. The summed E-state index contributed by atoms with van der Waals surface area (Å²) in [5, 5.41) is 6.56. The molecular weight excluding hydrogens is 368 g/mol. The van der Waals surface area contributed by atoms with Crippen LogP contribution in [0.25, 0.3) is 33.3 Å². The fourth-order valence-electron chi connectivity index (χ4n) is 3.10. The van der Waals surface area contributed by atoms with Crippen LogP contribution in [0.15, 0.2) is 24.5 Å². The Morgan fingerprint density at radius 1 is 1.33 bits per heavy atom. The second-order valence-electron chi connectivity index (χ2n) is 6.41. The van der Waals surface area contributed by atoms with Crippen molar-refractivity contribution < 1.29 is 9.53 Å². The van der Waals surface area contributed by atoms with Crippen LogP contribution in [0.2, 0.25) is 5.02 Å². The standard InChI is InChI=1S/C18H17ClN6O2/c1-8(2)25-17-12(16(20)21-7-22-17)14(24-25)15-13(19)10-5-4-9(18(26)27-3)6-11(10)23-15/h4-8,23H,1-3H3,(H2,20,21,22). The summed E-state index contributed by atoms with van der Waals surface area (Å²) in [6.45, 7) is 4.01. The van der Waals surface area contributed by atoms with Gasteiger partial charge in [-0.25, -0.2) is 19.4 Å². The maximum absolute atomic E-state index is 11.8. The number of nitrogens with two attached hydrogens (primary N) is 1. The molecule has 0 unspecified atom stereocenters. The number of fused-ring (bicyclic) bond motifs is 2. The SMILES string of the molecule is COC(=O)c1ccc2c(Cl)c(-c3nn(C(C)C)c4ncnc(N)c34)[nH]c2c1. The Morgan fingerprint density at radius 3 is 2.81 bits per heavy atom. The van der Waals surface area contributed by atoms with Crippen molar-refractivity contribution in [1.29, 1.82) is 0 Å². The van der Waals surface area contributed by atoms with Gasteiger partial charge in [0, 0.05) is 16.9 Å². The number of carbonyl (C=O) groups is 1. The first-order valence-electron chi connectivity index (χ1n) is 8.31. The molecule has 4 aromatic rings. The predicted molar refractivity (Wildman–Crippen MR) is 104 cm³/mol. The number of methoxy groups -OCH3 is 1. The Hall–Kier alpha value is -3.13. The Balaban J connectivity index is 2.00. The van der Waals surface area contributed by atoms with Crippen molar-refractivity contribution in [2.24, 2.45) is 0 Å². The normalized spacial score (nSPS) is 11.6. The molecule has 0 aliphatic heterocycles. The largest absolute Gasteiger partial charge is 0.465 e. The lowest BCUT2D eigenvalue weighted by molar-refractivity contribution is 0.0601. The molecule has 4 rings (SSSR count). The Labute approximate surface area is 159 Å². The molecule has 0 bridgehead atoms. The van der Waals surface area contributed by atoms with Crippen molar-refractivity contribution in [3.8, 4) is 11.4 Å². The second-order valence-corrected chi connectivity index (χ2v) is 6.79. The highest BCUT2D eigenvalue weighted by molar-refractivity contribution is 6.38. The van der Waals surface area contributed by atoms with Crippen molar-refractivity contribution >= 4 is 45.3 Å². The van der Waals surface area contributed by atoms with E-state index in [2.05, 4.69) is 20.1 Å². The number of benzene rings is 1. The lowest BCUT2D eigenvalue weighted by Gasteiger charge is -2.05. The highest BCUT2D eigenvalue weighted by Gasteiger charge is 2.23. The van der Waals surface area contributed by atoms with Gasteiger partial charge in [0.2, 0.25) is 0 Å². The highest BCUT2D eigenvalue weighted by atomic mass is 35.5. The van der Waals surface area contributed by atoms with E-state index in [0.717, 1.165) is 5.39 Å². The molecule has 0 fully saturated rings. The van der Waals surface area contributed by atoms with Gasteiger partial charge in [-0.2, -0.15) is 5.10 Å². The number of esters is 1. The molecule has 1 aromatic carbocycles. The number of nitrogen functional groups attached to an aromatic ring is 1. The van der Waals surface area contributed by atoms with Crippen molar-refractivity contribution in [2.45, 2.75) is 19.9 Å². The van der Waals surface area contributed by atoms with E-state index in [-0.39, 0.29) is 6.04 Å². The minimum Gasteiger partial charge on any atom is -0.465 e. The second kappa shape index (κ2) is 6.24. The Morgan fingerprint density at radius 2 is 2.11 bits per heavy atom. The van der Waals surface area contributed by atoms with Crippen LogP contribution in [0.5, 0.6) is 0 Å². The first-order valence-corrected chi connectivity index (χ1v) is 8.68. The number of nitrogens with one attached hydrogen (secondary N) is 1. The van der Waals surface area contributed by atoms with Gasteiger partial charge in [-0.05, 0) is 26.0 Å². The molecule has 8 nitrogen and oxygen atoms in total. The van der Waals surface area contributed by atoms with Crippen LogP contribution in [0, 0.1) is 0 Å². The Bertz CT molecular complexity index is 1190. The minimum atomic E-state index is -0.420. The van der Waals surface area contributed by atoms with E-state index < -0.39 is 5.97 Å². The third kappa shape index (κ3) is 2.60. The lowest BCUT2D eigenvalue weighted by atomic mass is 10.1. The predicted octanol–water partition coefficient (Wildman–Crippen LogP) is 3.58. The number of halogens is 1. The lowest BCUT2D eigenvalue weighted by Crippen LogP contribution is -2.04. The zero-order valence-electron chi connectivity index (χ0n) is 14.9. The molecule has 3 N–H and O–H groups in total. The number of ether oxygens (including phenoxy) is 1. The van der Waals surface area contributed by atoms with E-state index in [1.165, 1.54) is 13.4 Å². The van der Waals surface area contributed by atoms with Crippen molar-refractivity contribution in [2.75, 3.05) is 12.8 Å². The number of hydrogen-bond acceptors (Lipinski definition) is 6. The molecule has 0 aliphatic carbocycles. The van der Waals surface area contributed by atoms with E-state index in [9.17, 15) is 4.79 Å². The maximum atomic E-state index is 11.8. The smallest absolute Gasteiger partial charge is 0.337 e. The van der Waals surface area contributed by atoms with Gasteiger partial charge in [-0.15, -0.1) is 0 Å². The average Bonchev–Trinajstić information content (AvgIpc) is 3.20. The van der Waals surface area contributed by atoms with E-state index in [4.69, 9.17) is 22.1 Å².